The van der Waals surface area contributed by atoms with Crippen molar-refractivity contribution in [3.05, 3.63) is 265 Å². The zero-order valence-corrected chi connectivity index (χ0v) is 44.4. The molecule has 14 rings (SSSR count). The monoisotopic (exact) mass is 1010 g/mol. The van der Waals surface area contributed by atoms with Crippen LogP contribution in [0.5, 0.6) is 0 Å². The summed E-state index contributed by atoms with van der Waals surface area (Å²) in [7, 11) is 0. The minimum Gasteiger partial charge on any atom is -0.309 e. The molecule has 0 unspecified atom stereocenters. The van der Waals surface area contributed by atoms with Gasteiger partial charge in [-0.05, 0) is 167 Å². The van der Waals surface area contributed by atoms with E-state index in [2.05, 4.69) is 280 Å². The van der Waals surface area contributed by atoms with Gasteiger partial charge in [-0.3, -0.25) is 0 Å². The third-order valence-electron chi connectivity index (χ3n) is 15.5. The van der Waals surface area contributed by atoms with Gasteiger partial charge in [0.2, 0.25) is 0 Å². The maximum absolute atomic E-state index is 2.52. The third-order valence-corrected chi connectivity index (χ3v) is 17.8. The van der Waals surface area contributed by atoms with Gasteiger partial charge in [-0.15, -0.1) is 22.7 Å². The number of aryl methyl sites for hydroxylation is 4. The van der Waals surface area contributed by atoms with E-state index in [-0.39, 0.29) is 0 Å². The number of benzene rings is 12. The lowest BCUT2D eigenvalue weighted by atomic mass is 9.93. The van der Waals surface area contributed by atoms with Crippen molar-refractivity contribution in [1.82, 2.24) is 0 Å². The maximum atomic E-state index is 2.52. The molecular weight excluding hydrogens is 957 g/mol. The second-order valence-corrected chi connectivity index (χ2v) is 22.4. The van der Waals surface area contributed by atoms with Gasteiger partial charge in [0.15, 0.2) is 0 Å². The molecule has 0 aliphatic rings. The predicted molar refractivity (Wildman–Crippen MR) is 332 cm³/mol. The summed E-state index contributed by atoms with van der Waals surface area (Å²) in [6, 6.07) is 90.2. The van der Waals surface area contributed by atoms with Crippen LogP contribution < -0.4 is 9.80 Å². The zero-order valence-electron chi connectivity index (χ0n) is 42.8. The summed E-state index contributed by atoms with van der Waals surface area (Å²) in [5.41, 5.74) is 19.0. The fourth-order valence-corrected chi connectivity index (χ4v) is 14.1. The van der Waals surface area contributed by atoms with Crippen LogP contribution in [0.4, 0.5) is 34.1 Å². The Morgan fingerprint density at radius 1 is 0.263 bits per heavy atom. The molecule has 76 heavy (non-hydrogen) atoms. The van der Waals surface area contributed by atoms with Gasteiger partial charge in [-0.1, -0.05) is 170 Å². The Morgan fingerprint density at radius 2 is 0.632 bits per heavy atom. The molecule has 4 heteroatoms. The fourth-order valence-electron chi connectivity index (χ4n) is 11.9. The highest BCUT2D eigenvalue weighted by Crippen LogP contribution is 2.50. The van der Waals surface area contributed by atoms with E-state index in [1.807, 2.05) is 22.7 Å². The smallest absolute Gasteiger partial charge is 0.0569 e. The molecule has 12 aromatic carbocycles. The summed E-state index contributed by atoms with van der Waals surface area (Å²) < 4.78 is 5.20. The highest BCUT2D eigenvalue weighted by molar-refractivity contribution is 7.26. The number of hydrogen-bond donors (Lipinski definition) is 0. The van der Waals surface area contributed by atoms with Crippen molar-refractivity contribution < 1.29 is 0 Å². The van der Waals surface area contributed by atoms with Crippen LogP contribution in [0.25, 0.3) is 95.3 Å². The molecule has 0 fully saturated rings. The van der Waals surface area contributed by atoms with Crippen LogP contribution in [0.2, 0.25) is 0 Å². The molecule has 0 aliphatic carbocycles. The largest absolute Gasteiger partial charge is 0.309 e. The molecule has 0 aliphatic heterocycles. The number of nitrogens with zero attached hydrogens (tertiary/aromatic N) is 2. The van der Waals surface area contributed by atoms with E-state index >= 15 is 0 Å². The van der Waals surface area contributed by atoms with Gasteiger partial charge in [0.05, 0.1) is 11.4 Å². The molecule has 0 saturated carbocycles. The molecule has 0 spiro atoms. The SMILES string of the molecule is Cc1cc(-c2ccc(N(c3ccc4sc5ccccc5c4c3)c3c(C)cccc3-c3cccc4ccccc34)c(C)c2)ccc1N(c1ccc2sc3ccccc3c2c1)c1c(C)cccc1-c1cccc2ccccc12. The van der Waals surface area contributed by atoms with Crippen molar-refractivity contribution in [3.8, 4) is 33.4 Å². The van der Waals surface area contributed by atoms with Gasteiger partial charge in [0, 0.05) is 74.2 Å². The molecule has 2 heterocycles. The van der Waals surface area contributed by atoms with Gasteiger partial charge in [-0.25, -0.2) is 0 Å². The number of hydrogen-bond acceptors (Lipinski definition) is 4. The lowest BCUT2D eigenvalue weighted by molar-refractivity contribution is 1.23. The average Bonchev–Trinajstić information content (AvgIpc) is 4.09. The Kier molecular flexibility index (Phi) is 11.2. The first kappa shape index (κ1) is 45.8. The molecular formula is C72H52N2S2. The van der Waals surface area contributed by atoms with Crippen LogP contribution in [-0.4, -0.2) is 0 Å². The van der Waals surface area contributed by atoms with E-state index in [4.69, 9.17) is 0 Å². The molecule has 0 radical (unpaired) electrons. The summed E-state index contributed by atoms with van der Waals surface area (Å²) in [6.45, 7) is 9.08. The van der Waals surface area contributed by atoms with Crippen LogP contribution in [0.3, 0.4) is 0 Å². The minimum atomic E-state index is 1.13. The molecule has 0 bridgehead atoms. The molecule has 362 valence electrons. The Labute approximate surface area is 451 Å². The topological polar surface area (TPSA) is 6.48 Å². The molecule has 2 aromatic heterocycles. The van der Waals surface area contributed by atoms with Crippen LogP contribution >= 0.6 is 22.7 Å². The Bertz CT molecular complexity index is 4310. The van der Waals surface area contributed by atoms with E-state index in [0.717, 1.165) is 22.7 Å². The van der Waals surface area contributed by atoms with E-state index in [0.29, 0.717) is 0 Å². The number of anilines is 6. The summed E-state index contributed by atoms with van der Waals surface area (Å²) in [4.78, 5) is 5.04. The first-order chi connectivity index (χ1) is 37.3. The molecule has 14 aromatic rings. The van der Waals surface area contributed by atoms with E-state index < -0.39 is 0 Å². The van der Waals surface area contributed by atoms with Crippen molar-refractivity contribution >= 4 is 119 Å². The molecule has 0 saturated heterocycles. The number of fused-ring (bicyclic) bond motifs is 8. The first-order valence-electron chi connectivity index (χ1n) is 26.1. The van der Waals surface area contributed by atoms with Crippen LogP contribution in [0, 0.1) is 27.7 Å². The van der Waals surface area contributed by atoms with Crippen molar-refractivity contribution in [2.45, 2.75) is 27.7 Å². The van der Waals surface area contributed by atoms with E-state index in [1.54, 1.807) is 0 Å². The highest BCUT2D eigenvalue weighted by Gasteiger charge is 2.26. The maximum Gasteiger partial charge on any atom is 0.0569 e. The van der Waals surface area contributed by atoms with Gasteiger partial charge in [-0.2, -0.15) is 0 Å². The van der Waals surface area contributed by atoms with Gasteiger partial charge in [0.25, 0.3) is 0 Å². The number of rotatable bonds is 9. The Morgan fingerprint density at radius 3 is 1.08 bits per heavy atom. The van der Waals surface area contributed by atoms with E-state index in [1.165, 1.54) is 129 Å². The van der Waals surface area contributed by atoms with Crippen molar-refractivity contribution in [3.63, 3.8) is 0 Å². The van der Waals surface area contributed by atoms with Crippen molar-refractivity contribution in [2.75, 3.05) is 9.80 Å². The first-order valence-corrected chi connectivity index (χ1v) is 27.8. The fraction of sp³-hybridized carbons (Fsp3) is 0.0556. The second kappa shape index (κ2) is 18.5. The lowest BCUT2D eigenvalue weighted by Crippen LogP contribution is -2.14. The second-order valence-electron chi connectivity index (χ2n) is 20.2. The van der Waals surface area contributed by atoms with Gasteiger partial charge >= 0.3 is 0 Å². The third kappa shape index (κ3) is 7.67. The minimum absolute atomic E-state index is 1.13. The van der Waals surface area contributed by atoms with Gasteiger partial charge < -0.3 is 9.80 Å². The Balaban J connectivity index is 0.924. The molecule has 2 nitrogen and oxygen atoms in total. The summed E-state index contributed by atoms with van der Waals surface area (Å²) >= 11 is 3.72. The normalized spacial score (nSPS) is 11.7. The lowest BCUT2D eigenvalue weighted by Gasteiger charge is -2.32. The van der Waals surface area contributed by atoms with Crippen molar-refractivity contribution in [2.24, 2.45) is 0 Å². The highest BCUT2D eigenvalue weighted by atomic mass is 32.1. The molecule has 0 N–H and O–H groups in total. The van der Waals surface area contributed by atoms with Crippen LogP contribution in [-0.2, 0) is 0 Å². The van der Waals surface area contributed by atoms with Gasteiger partial charge in [0.1, 0.15) is 0 Å². The molecule has 0 atom stereocenters. The average molecular weight is 1010 g/mol. The quantitative estimate of drug-likeness (QED) is 0.142. The number of para-hydroxylation sites is 2. The van der Waals surface area contributed by atoms with Crippen molar-refractivity contribution in [1.29, 1.82) is 0 Å². The van der Waals surface area contributed by atoms with Crippen LogP contribution in [0.1, 0.15) is 22.3 Å². The zero-order chi connectivity index (χ0) is 51.0. The summed E-state index contributed by atoms with van der Waals surface area (Å²) in [5.74, 6) is 0. The standard InChI is InChI=1S/C72H52N2S2/c1-45-17-13-29-61(57-27-15-21-49-19-5-7-23-55(49)57)71(45)73(53-35-39-69-63(43-53)59-25-9-11-31-67(59)75-69)65-37-33-51(41-47(65)3)52-34-38-66(48(4)42-52)74(54-36-40-70-64(44-54)60-26-10-12-32-68(60)76-70)72-46(2)18-14-30-62(72)58-28-16-22-50-20-6-8-24-56(50)58/h5-44H,1-4H3. The Hall–Kier alpha value is -8.80. The summed E-state index contributed by atoms with van der Waals surface area (Å²) in [6.07, 6.45) is 0. The number of thiophene rings is 2. The molecule has 0 amide bonds. The van der Waals surface area contributed by atoms with Crippen LogP contribution in [0.15, 0.2) is 243 Å². The summed E-state index contributed by atoms with van der Waals surface area (Å²) in [5, 5.41) is 10.1. The predicted octanol–water partition coefficient (Wildman–Crippen LogP) is 21.9. The van der Waals surface area contributed by atoms with E-state index in [9.17, 15) is 0 Å².